The van der Waals surface area contributed by atoms with Crippen LogP contribution in [0.3, 0.4) is 0 Å². The predicted molar refractivity (Wildman–Crippen MR) is 102 cm³/mol. The number of rotatable bonds is 3. The molecule has 13 atom stereocenters. The summed E-state index contributed by atoms with van der Waals surface area (Å²) >= 11 is 0. The summed E-state index contributed by atoms with van der Waals surface area (Å²) < 4.78 is 24.1. The molecule has 6 rings (SSSR count). The summed E-state index contributed by atoms with van der Waals surface area (Å²) in [5.74, 6) is -0.370. The molecule has 0 radical (unpaired) electrons. The number of hydrogen-bond donors (Lipinski definition) is 4. The van der Waals surface area contributed by atoms with Crippen molar-refractivity contribution in [3.63, 3.8) is 0 Å². The van der Waals surface area contributed by atoms with Gasteiger partial charge in [-0.1, -0.05) is 13.8 Å². The number of fused-ring (bicyclic) bond motifs is 2. The van der Waals surface area contributed by atoms with Crippen molar-refractivity contribution in [3.8, 4) is 0 Å². The van der Waals surface area contributed by atoms with Crippen LogP contribution in [0, 0.1) is 23.7 Å². The summed E-state index contributed by atoms with van der Waals surface area (Å²) in [6.07, 6.45) is -4.74. The van der Waals surface area contributed by atoms with Crippen LogP contribution in [0.25, 0.3) is 0 Å². The molecule has 2 bridgehead atoms. The fraction of sp³-hybridized carbons (Fsp3) is 1.00. The van der Waals surface area contributed by atoms with E-state index < -0.39 is 61.3 Å². The summed E-state index contributed by atoms with van der Waals surface area (Å²) in [5, 5.41) is 40.0. The van der Waals surface area contributed by atoms with Gasteiger partial charge < -0.3 is 39.4 Å². The van der Waals surface area contributed by atoms with Gasteiger partial charge in [0.05, 0.1) is 6.61 Å². The van der Waals surface area contributed by atoms with Gasteiger partial charge in [0.15, 0.2) is 24.5 Å². The summed E-state index contributed by atoms with van der Waals surface area (Å²) in [5.41, 5.74) is -0.734. The number of aliphatic hydroxyl groups excluding tert-OH is 4. The lowest BCUT2D eigenvalue weighted by molar-refractivity contribution is -0.579. The summed E-state index contributed by atoms with van der Waals surface area (Å²) in [6, 6.07) is 0. The lowest BCUT2D eigenvalue weighted by Gasteiger charge is -2.60. The van der Waals surface area contributed by atoms with Gasteiger partial charge in [-0.25, -0.2) is 9.78 Å². The molecule has 1 saturated carbocycles. The Hall–Kier alpha value is -0.400. The molecule has 5 heterocycles. The first-order chi connectivity index (χ1) is 14.7. The number of ether oxygens (including phenoxy) is 4. The van der Waals surface area contributed by atoms with Crippen molar-refractivity contribution in [1.82, 2.24) is 0 Å². The topological polar surface area (TPSA) is 136 Å². The van der Waals surface area contributed by atoms with Gasteiger partial charge in [-0.05, 0) is 38.0 Å². The maximum absolute atomic E-state index is 10.4. The van der Waals surface area contributed by atoms with E-state index in [9.17, 15) is 20.4 Å². The van der Waals surface area contributed by atoms with E-state index in [4.69, 9.17) is 28.7 Å². The molecule has 6 fully saturated rings. The van der Waals surface area contributed by atoms with Crippen molar-refractivity contribution in [2.24, 2.45) is 23.7 Å². The van der Waals surface area contributed by atoms with Crippen LogP contribution in [0.4, 0.5) is 0 Å². The van der Waals surface area contributed by atoms with E-state index in [0.717, 1.165) is 19.3 Å². The molecule has 5 aliphatic heterocycles. The molecule has 0 unspecified atom stereocenters. The Morgan fingerprint density at radius 3 is 2.42 bits per heavy atom. The van der Waals surface area contributed by atoms with Gasteiger partial charge in [0.2, 0.25) is 5.79 Å². The first kappa shape index (κ1) is 22.4. The molecule has 178 valence electrons. The molecule has 1 spiro atoms. The van der Waals surface area contributed by atoms with E-state index in [1.54, 1.807) is 0 Å². The second-order valence-electron chi connectivity index (χ2n) is 10.1. The minimum atomic E-state index is -1.51. The van der Waals surface area contributed by atoms with Gasteiger partial charge in [-0.3, -0.25) is 0 Å². The highest BCUT2D eigenvalue weighted by Crippen LogP contribution is 2.60. The highest BCUT2D eigenvalue weighted by Gasteiger charge is 2.69. The molecule has 10 heteroatoms. The Morgan fingerprint density at radius 2 is 1.68 bits per heavy atom. The van der Waals surface area contributed by atoms with E-state index in [-0.39, 0.29) is 17.8 Å². The minimum Gasteiger partial charge on any atom is -0.394 e. The van der Waals surface area contributed by atoms with Gasteiger partial charge >= 0.3 is 0 Å². The zero-order valence-electron chi connectivity index (χ0n) is 18.1. The lowest BCUT2D eigenvalue weighted by atomic mass is 9.58. The van der Waals surface area contributed by atoms with E-state index >= 15 is 0 Å². The SMILES string of the molecule is C[C@H]1[C@@H](O[C@H]2O[C@H](CO)[C@H](O)[C@H](O)[C@H]2O)O[C@@H]2O[C@@]3(C)CC[C@H]4[C@H](C)CC[C@@H]1[C@@]24OO3. The van der Waals surface area contributed by atoms with Crippen molar-refractivity contribution < 1.29 is 49.1 Å². The second kappa shape index (κ2) is 7.83. The highest BCUT2D eigenvalue weighted by molar-refractivity contribution is 5.09. The zero-order chi connectivity index (χ0) is 22.1. The summed E-state index contributed by atoms with van der Waals surface area (Å²) in [4.78, 5) is 11.9. The maximum atomic E-state index is 10.4. The molecular formula is C21H34O10. The molecule has 5 saturated heterocycles. The van der Waals surface area contributed by atoms with Gasteiger partial charge in [0.25, 0.3) is 0 Å². The van der Waals surface area contributed by atoms with Gasteiger partial charge in [0.1, 0.15) is 24.4 Å². The van der Waals surface area contributed by atoms with Crippen LogP contribution >= 0.6 is 0 Å². The van der Waals surface area contributed by atoms with Crippen molar-refractivity contribution in [3.05, 3.63) is 0 Å². The van der Waals surface area contributed by atoms with Crippen molar-refractivity contribution in [1.29, 1.82) is 0 Å². The lowest BCUT2D eigenvalue weighted by Crippen LogP contribution is -2.71. The van der Waals surface area contributed by atoms with Crippen LogP contribution in [0.1, 0.15) is 46.5 Å². The number of hydrogen-bond acceptors (Lipinski definition) is 10. The largest absolute Gasteiger partial charge is 0.394 e. The Balaban J connectivity index is 1.41. The Kier molecular flexibility index (Phi) is 5.66. The average Bonchev–Trinajstić information content (AvgIpc) is 2.98. The van der Waals surface area contributed by atoms with Crippen molar-refractivity contribution in [2.75, 3.05) is 6.61 Å². The first-order valence-electron chi connectivity index (χ1n) is 11.4. The first-order valence-corrected chi connectivity index (χ1v) is 11.4. The standard InChI is InChI=1S/C21H34O10/c1-9-4-5-12-10(2)17(27-18-16(25)15(24)14(23)13(8-22)26-18)28-19-21(12)11(9)6-7-20(3,29-19)30-31-21/h9-19,22-25H,4-8H2,1-3H3/t9-,10-,11+,12+,13-,14+,15+,16-,17+,18-,19-,20-,21-/m1/s1. The molecule has 0 aromatic carbocycles. The Morgan fingerprint density at radius 1 is 0.903 bits per heavy atom. The Bertz CT molecular complexity index is 677. The van der Waals surface area contributed by atoms with E-state index in [1.807, 2.05) is 13.8 Å². The molecule has 0 aromatic heterocycles. The predicted octanol–water partition coefficient (Wildman–Crippen LogP) is 0.0109. The fourth-order valence-corrected chi connectivity index (χ4v) is 6.34. The molecule has 31 heavy (non-hydrogen) atoms. The molecule has 6 aliphatic rings. The molecule has 4 N–H and O–H groups in total. The molecule has 1 aliphatic carbocycles. The summed E-state index contributed by atoms with van der Waals surface area (Å²) in [6.45, 7) is 5.55. The molecule has 10 nitrogen and oxygen atoms in total. The van der Waals surface area contributed by atoms with Crippen LogP contribution in [0.2, 0.25) is 0 Å². The van der Waals surface area contributed by atoms with E-state index in [1.165, 1.54) is 0 Å². The third kappa shape index (κ3) is 3.30. The molecule has 0 amide bonds. The van der Waals surface area contributed by atoms with E-state index in [0.29, 0.717) is 12.3 Å². The van der Waals surface area contributed by atoms with E-state index in [2.05, 4.69) is 6.92 Å². The fourth-order valence-electron chi connectivity index (χ4n) is 6.34. The number of aliphatic hydroxyl groups is 4. The zero-order valence-corrected chi connectivity index (χ0v) is 18.1. The minimum absolute atomic E-state index is 0.0324. The third-order valence-electron chi connectivity index (χ3n) is 8.21. The van der Waals surface area contributed by atoms with Crippen molar-refractivity contribution in [2.45, 2.75) is 101 Å². The Labute approximate surface area is 181 Å². The maximum Gasteiger partial charge on any atom is 0.201 e. The smallest absolute Gasteiger partial charge is 0.201 e. The molecule has 0 aromatic rings. The van der Waals surface area contributed by atoms with Crippen molar-refractivity contribution >= 4 is 0 Å². The van der Waals surface area contributed by atoms with Crippen LogP contribution < -0.4 is 0 Å². The van der Waals surface area contributed by atoms with Crippen LogP contribution in [-0.4, -0.2) is 81.7 Å². The van der Waals surface area contributed by atoms with Gasteiger partial charge in [-0.15, -0.1) is 0 Å². The normalized spacial score (nSPS) is 59.1. The van der Waals surface area contributed by atoms with Gasteiger partial charge in [0, 0.05) is 18.3 Å². The van der Waals surface area contributed by atoms with Crippen LogP contribution in [-0.2, 0) is 28.7 Å². The summed E-state index contributed by atoms with van der Waals surface area (Å²) in [7, 11) is 0. The molecular weight excluding hydrogens is 412 g/mol. The monoisotopic (exact) mass is 446 g/mol. The van der Waals surface area contributed by atoms with Crippen LogP contribution in [0.15, 0.2) is 0 Å². The average molecular weight is 446 g/mol. The third-order valence-corrected chi connectivity index (χ3v) is 8.21. The van der Waals surface area contributed by atoms with Crippen LogP contribution in [0.5, 0.6) is 0 Å². The highest BCUT2D eigenvalue weighted by atomic mass is 17.3. The second-order valence-corrected chi connectivity index (χ2v) is 10.1. The van der Waals surface area contributed by atoms with Gasteiger partial charge in [-0.2, -0.15) is 0 Å². The quantitative estimate of drug-likeness (QED) is 0.439.